The summed E-state index contributed by atoms with van der Waals surface area (Å²) in [6, 6.07) is 0. The zero-order valence-corrected chi connectivity index (χ0v) is 4.29. The third-order valence-corrected chi connectivity index (χ3v) is 1.16. The minimum Gasteiger partial charge on any atom is -0.365 e. The van der Waals surface area contributed by atoms with Crippen molar-refractivity contribution in [2.24, 2.45) is 0 Å². The monoisotopic (exact) mass is 110 g/mol. The Morgan fingerprint density at radius 2 is 2.75 bits per heavy atom. The van der Waals surface area contributed by atoms with Gasteiger partial charge in [-0.15, -0.1) is 0 Å². The molecule has 1 aromatic heterocycles. The number of nitrogens with zero attached hydrogens (tertiary/aromatic N) is 1. The molecule has 0 aromatic carbocycles. The van der Waals surface area contributed by atoms with Crippen LogP contribution in [0.4, 0.5) is 0 Å². The van der Waals surface area contributed by atoms with Crippen molar-refractivity contribution in [1.82, 2.24) is 9.97 Å². The van der Waals surface area contributed by atoms with Crippen molar-refractivity contribution in [3.8, 4) is 0 Å². The molecule has 0 radical (unpaired) electrons. The number of nitrogens with one attached hydrogen (secondary N) is 1. The Labute approximate surface area is 46.7 Å². The summed E-state index contributed by atoms with van der Waals surface area (Å²) in [7, 11) is 0. The zero-order chi connectivity index (χ0) is 5.40. The molecule has 3 heteroatoms. The largest absolute Gasteiger partial charge is 0.365 e. The Hall–Kier alpha value is -0.830. The predicted molar refractivity (Wildman–Crippen MR) is 27.3 cm³/mol. The van der Waals surface area contributed by atoms with Crippen LogP contribution in [0.1, 0.15) is 11.9 Å². The van der Waals surface area contributed by atoms with Crippen molar-refractivity contribution in [2.45, 2.75) is 6.10 Å². The molecule has 8 heavy (non-hydrogen) atoms. The number of hydrogen-bond acceptors (Lipinski definition) is 2. The van der Waals surface area contributed by atoms with E-state index in [-0.39, 0.29) is 6.10 Å². The van der Waals surface area contributed by atoms with Gasteiger partial charge in [0.2, 0.25) is 0 Å². The van der Waals surface area contributed by atoms with E-state index in [9.17, 15) is 0 Å². The predicted octanol–water partition coefficient (Wildman–Crippen LogP) is 0.481. The maximum Gasteiger partial charge on any atom is 0.138 e. The second-order valence-corrected chi connectivity index (χ2v) is 1.80. The molecule has 0 amide bonds. The molecule has 42 valence electrons. The Morgan fingerprint density at radius 1 is 1.88 bits per heavy atom. The van der Waals surface area contributed by atoms with Gasteiger partial charge < -0.3 is 9.72 Å². The van der Waals surface area contributed by atoms with Crippen molar-refractivity contribution in [3.05, 3.63) is 18.2 Å². The van der Waals surface area contributed by atoms with Crippen molar-refractivity contribution < 1.29 is 4.74 Å². The van der Waals surface area contributed by atoms with E-state index in [2.05, 4.69) is 9.97 Å². The molecular weight excluding hydrogens is 104 g/mol. The maximum absolute atomic E-state index is 4.96. The van der Waals surface area contributed by atoms with E-state index in [1.165, 1.54) is 0 Å². The molecule has 1 atom stereocenters. The van der Waals surface area contributed by atoms with E-state index in [1.807, 2.05) is 0 Å². The van der Waals surface area contributed by atoms with Crippen molar-refractivity contribution >= 4 is 0 Å². The van der Waals surface area contributed by atoms with E-state index in [1.54, 1.807) is 12.4 Å². The van der Waals surface area contributed by atoms with Gasteiger partial charge in [0.1, 0.15) is 11.9 Å². The number of rotatable bonds is 1. The minimum absolute atomic E-state index is 0.269. The number of imidazole rings is 1. The molecule has 0 spiro atoms. The van der Waals surface area contributed by atoms with Gasteiger partial charge in [0.15, 0.2) is 0 Å². The highest BCUT2D eigenvalue weighted by Gasteiger charge is 2.26. The SMILES string of the molecule is c1c[nH]c([C@@H]2CO2)n1. The first-order chi connectivity index (χ1) is 3.97. The molecule has 1 aromatic rings. The van der Waals surface area contributed by atoms with Crippen LogP contribution in [0.2, 0.25) is 0 Å². The Balaban J connectivity index is 2.28. The van der Waals surface area contributed by atoms with Gasteiger partial charge in [0.05, 0.1) is 6.61 Å². The highest BCUT2D eigenvalue weighted by Crippen LogP contribution is 2.25. The fourth-order valence-electron chi connectivity index (χ4n) is 0.660. The lowest BCUT2D eigenvalue weighted by Gasteiger charge is -1.79. The van der Waals surface area contributed by atoms with Crippen molar-refractivity contribution in [1.29, 1.82) is 0 Å². The number of aromatic amines is 1. The van der Waals surface area contributed by atoms with Gasteiger partial charge in [-0.25, -0.2) is 4.98 Å². The van der Waals surface area contributed by atoms with Crippen LogP contribution in [0.15, 0.2) is 12.4 Å². The zero-order valence-electron chi connectivity index (χ0n) is 4.29. The number of ether oxygens (including phenoxy) is 1. The van der Waals surface area contributed by atoms with Gasteiger partial charge >= 0.3 is 0 Å². The lowest BCUT2D eigenvalue weighted by atomic mass is 10.5. The fraction of sp³-hybridized carbons (Fsp3) is 0.400. The van der Waals surface area contributed by atoms with E-state index >= 15 is 0 Å². The van der Waals surface area contributed by atoms with Gasteiger partial charge in [0.25, 0.3) is 0 Å². The van der Waals surface area contributed by atoms with E-state index < -0.39 is 0 Å². The molecule has 0 unspecified atom stereocenters. The summed E-state index contributed by atoms with van der Waals surface area (Å²) in [6.45, 7) is 0.827. The topological polar surface area (TPSA) is 41.2 Å². The summed E-state index contributed by atoms with van der Waals surface area (Å²) in [5.74, 6) is 0.949. The summed E-state index contributed by atoms with van der Waals surface area (Å²) in [6.07, 6.45) is 3.80. The Bertz CT molecular complexity index is 167. The maximum atomic E-state index is 4.96. The van der Waals surface area contributed by atoms with E-state index in [0.29, 0.717) is 0 Å². The van der Waals surface area contributed by atoms with Crippen LogP contribution in [0, 0.1) is 0 Å². The molecule has 1 fully saturated rings. The summed E-state index contributed by atoms with van der Waals surface area (Å²) in [5.41, 5.74) is 0. The number of epoxide rings is 1. The van der Waals surface area contributed by atoms with Crippen LogP contribution in [0.25, 0.3) is 0 Å². The lowest BCUT2D eigenvalue weighted by molar-refractivity contribution is 0.407. The Morgan fingerprint density at radius 3 is 3.25 bits per heavy atom. The van der Waals surface area contributed by atoms with Gasteiger partial charge in [-0.2, -0.15) is 0 Å². The lowest BCUT2D eigenvalue weighted by Crippen LogP contribution is -1.80. The molecule has 1 aliphatic heterocycles. The highest BCUT2D eigenvalue weighted by atomic mass is 16.6. The van der Waals surface area contributed by atoms with Crippen molar-refractivity contribution in [3.63, 3.8) is 0 Å². The summed E-state index contributed by atoms with van der Waals surface area (Å²) >= 11 is 0. The molecular formula is C5H6N2O. The van der Waals surface area contributed by atoms with Crippen LogP contribution in [-0.2, 0) is 4.74 Å². The first-order valence-electron chi connectivity index (χ1n) is 2.58. The normalized spacial score (nSPS) is 25.8. The van der Waals surface area contributed by atoms with Crippen LogP contribution in [0.5, 0.6) is 0 Å². The summed E-state index contributed by atoms with van der Waals surface area (Å²) < 4.78 is 4.96. The molecule has 1 N–H and O–H groups in total. The second-order valence-electron chi connectivity index (χ2n) is 1.80. The van der Waals surface area contributed by atoms with Gasteiger partial charge in [-0.3, -0.25) is 0 Å². The highest BCUT2D eigenvalue weighted by molar-refractivity contribution is 4.97. The van der Waals surface area contributed by atoms with Crippen LogP contribution >= 0.6 is 0 Å². The first-order valence-corrected chi connectivity index (χ1v) is 2.58. The van der Waals surface area contributed by atoms with Gasteiger partial charge in [-0.1, -0.05) is 0 Å². The molecule has 1 saturated heterocycles. The van der Waals surface area contributed by atoms with E-state index in [0.717, 1.165) is 12.4 Å². The van der Waals surface area contributed by atoms with Gasteiger partial charge in [-0.05, 0) is 0 Å². The molecule has 0 saturated carbocycles. The summed E-state index contributed by atoms with van der Waals surface area (Å²) in [4.78, 5) is 6.96. The van der Waals surface area contributed by atoms with Crippen LogP contribution in [0.3, 0.4) is 0 Å². The van der Waals surface area contributed by atoms with Crippen LogP contribution in [-0.4, -0.2) is 16.6 Å². The molecule has 1 aliphatic rings. The number of hydrogen-bond donors (Lipinski definition) is 1. The molecule has 0 bridgehead atoms. The molecule has 3 nitrogen and oxygen atoms in total. The van der Waals surface area contributed by atoms with Gasteiger partial charge in [0, 0.05) is 12.4 Å². The average molecular weight is 110 g/mol. The minimum atomic E-state index is 0.269. The standard InChI is InChI=1S/C5H6N2O/c1-2-7-5(6-1)4-3-8-4/h1-2,4H,3H2,(H,6,7)/t4-/m0/s1. The first kappa shape index (κ1) is 4.09. The molecule has 0 aliphatic carbocycles. The third kappa shape index (κ3) is 0.518. The van der Waals surface area contributed by atoms with E-state index in [4.69, 9.17) is 4.74 Å². The quantitative estimate of drug-likeness (QED) is 0.534. The van der Waals surface area contributed by atoms with Crippen molar-refractivity contribution in [2.75, 3.05) is 6.61 Å². The summed E-state index contributed by atoms with van der Waals surface area (Å²) in [5, 5.41) is 0. The number of aromatic nitrogens is 2. The third-order valence-electron chi connectivity index (χ3n) is 1.16. The smallest absolute Gasteiger partial charge is 0.138 e. The second kappa shape index (κ2) is 1.32. The fourth-order valence-corrected chi connectivity index (χ4v) is 0.660. The average Bonchev–Trinajstić information content (AvgIpc) is 2.49. The van der Waals surface area contributed by atoms with Crippen LogP contribution < -0.4 is 0 Å². The molecule has 2 heterocycles. The Kier molecular flexibility index (Phi) is 0.676. The number of H-pyrrole nitrogens is 1. The molecule has 2 rings (SSSR count).